The maximum absolute atomic E-state index is 13.7. The van der Waals surface area contributed by atoms with E-state index in [0.717, 1.165) is 31.6 Å². The number of carbonyl (C=O) groups excluding carboxylic acids is 1. The molecule has 0 radical (unpaired) electrons. The van der Waals surface area contributed by atoms with E-state index in [1.165, 1.54) is 30.4 Å². The molecule has 1 aliphatic heterocycles. The third-order valence-corrected chi connectivity index (χ3v) is 5.92. The van der Waals surface area contributed by atoms with Gasteiger partial charge in [0.05, 0.1) is 12.2 Å². The minimum absolute atomic E-state index is 0.237. The molecule has 0 bridgehead atoms. The fourth-order valence-electron chi connectivity index (χ4n) is 4.59. The molecule has 4 rings (SSSR count). The fourth-order valence-corrected chi connectivity index (χ4v) is 4.59. The molecule has 0 saturated carbocycles. The lowest BCUT2D eigenvalue weighted by molar-refractivity contribution is -0.144. The van der Waals surface area contributed by atoms with Crippen LogP contribution in [0.5, 0.6) is 0 Å². The summed E-state index contributed by atoms with van der Waals surface area (Å²) in [7, 11) is 1.92. The lowest BCUT2D eigenvalue weighted by Gasteiger charge is -2.44. The van der Waals surface area contributed by atoms with Crippen LogP contribution >= 0.6 is 0 Å². The van der Waals surface area contributed by atoms with Crippen LogP contribution in [0.15, 0.2) is 48.7 Å². The van der Waals surface area contributed by atoms with Gasteiger partial charge in [0, 0.05) is 26.1 Å². The molecule has 2 heterocycles. The molecular formula is C22H27N3O. The van der Waals surface area contributed by atoms with Crippen molar-refractivity contribution < 1.29 is 4.79 Å². The zero-order valence-electron chi connectivity index (χ0n) is 15.5. The molecule has 2 aromatic rings. The molecule has 1 fully saturated rings. The molecule has 1 aromatic carbocycles. The summed E-state index contributed by atoms with van der Waals surface area (Å²) in [6.07, 6.45) is 7.10. The van der Waals surface area contributed by atoms with E-state index in [9.17, 15) is 4.79 Å². The van der Waals surface area contributed by atoms with Gasteiger partial charge in [-0.25, -0.2) is 0 Å². The molecule has 4 nitrogen and oxygen atoms in total. The minimum atomic E-state index is -0.423. The quantitative estimate of drug-likeness (QED) is 0.851. The highest BCUT2D eigenvalue weighted by Crippen LogP contribution is 2.37. The van der Waals surface area contributed by atoms with Crippen LogP contribution in [-0.4, -0.2) is 46.4 Å². The molecule has 1 aliphatic carbocycles. The predicted molar refractivity (Wildman–Crippen MR) is 103 cm³/mol. The van der Waals surface area contributed by atoms with Crippen molar-refractivity contribution in [1.29, 1.82) is 0 Å². The van der Waals surface area contributed by atoms with Gasteiger partial charge < -0.3 is 4.90 Å². The normalized spacial score (nSPS) is 19.1. The third-order valence-electron chi connectivity index (χ3n) is 5.92. The minimum Gasteiger partial charge on any atom is -0.338 e. The maximum atomic E-state index is 13.7. The van der Waals surface area contributed by atoms with E-state index in [1.54, 1.807) is 6.20 Å². The van der Waals surface area contributed by atoms with Crippen LogP contribution in [-0.2, 0) is 24.2 Å². The van der Waals surface area contributed by atoms with Crippen molar-refractivity contribution in [3.05, 3.63) is 65.5 Å². The van der Waals surface area contributed by atoms with Gasteiger partial charge in [0.25, 0.3) is 0 Å². The average molecular weight is 349 g/mol. The van der Waals surface area contributed by atoms with E-state index in [0.29, 0.717) is 6.54 Å². The van der Waals surface area contributed by atoms with Crippen LogP contribution < -0.4 is 0 Å². The molecule has 0 atom stereocenters. The summed E-state index contributed by atoms with van der Waals surface area (Å²) < 4.78 is 0. The van der Waals surface area contributed by atoms with E-state index in [2.05, 4.69) is 34.1 Å². The van der Waals surface area contributed by atoms with Crippen LogP contribution in [0.1, 0.15) is 36.1 Å². The number of aromatic nitrogens is 1. The number of fused-ring (bicyclic) bond motifs is 1. The second-order valence-electron chi connectivity index (χ2n) is 7.68. The second-order valence-corrected chi connectivity index (χ2v) is 7.68. The van der Waals surface area contributed by atoms with E-state index in [4.69, 9.17) is 0 Å². The van der Waals surface area contributed by atoms with Crippen molar-refractivity contribution in [2.75, 3.05) is 20.1 Å². The molecule has 0 spiro atoms. The van der Waals surface area contributed by atoms with Crippen molar-refractivity contribution in [1.82, 2.24) is 14.8 Å². The SMILES string of the molecule is CN(Cc1ccccn1)C(=O)C1(N2CCCCC2)Cc2ccccc2C1. The molecule has 0 unspecified atom stereocenters. The van der Waals surface area contributed by atoms with Gasteiger partial charge in [-0.05, 0) is 49.2 Å². The Morgan fingerprint density at radius 1 is 1.04 bits per heavy atom. The van der Waals surface area contributed by atoms with E-state index in [1.807, 2.05) is 30.1 Å². The summed E-state index contributed by atoms with van der Waals surface area (Å²) in [6.45, 7) is 2.61. The molecule has 2 aliphatic rings. The second kappa shape index (κ2) is 7.20. The maximum Gasteiger partial charge on any atom is 0.243 e. The number of hydrogen-bond acceptors (Lipinski definition) is 3. The van der Waals surface area contributed by atoms with Gasteiger partial charge in [0.1, 0.15) is 5.54 Å². The number of likely N-dealkylation sites (N-methyl/N-ethyl adjacent to an activating group) is 1. The number of amides is 1. The molecule has 0 N–H and O–H groups in total. The van der Waals surface area contributed by atoms with Crippen molar-refractivity contribution in [2.24, 2.45) is 0 Å². The Kier molecular flexibility index (Phi) is 4.77. The summed E-state index contributed by atoms with van der Waals surface area (Å²) >= 11 is 0. The largest absolute Gasteiger partial charge is 0.338 e. The molecule has 4 heteroatoms. The van der Waals surface area contributed by atoms with Crippen LogP contribution in [0.3, 0.4) is 0 Å². The summed E-state index contributed by atoms with van der Waals surface area (Å²) in [6, 6.07) is 14.4. The van der Waals surface area contributed by atoms with Crippen LogP contribution in [0.25, 0.3) is 0 Å². The number of nitrogens with zero attached hydrogens (tertiary/aromatic N) is 3. The zero-order valence-corrected chi connectivity index (χ0v) is 15.5. The van der Waals surface area contributed by atoms with Gasteiger partial charge in [0.2, 0.25) is 5.91 Å². The van der Waals surface area contributed by atoms with Gasteiger partial charge in [-0.15, -0.1) is 0 Å². The number of pyridine rings is 1. The monoisotopic (exact) mass is 349 g/mol. The lowest BCUT2D eigenvalue weighted by Crippen LogP contribution is -2.61. The average Bonchev–Trinajstić information content (AvgIpc) is 3.09. The smallest absolute Gasteiger partial charge is 0.243 e. The van der Waals surface area contributed by atoms with Gasteiger partial charge in [-0.1, -0.05) is 36.8 Å². The Morgan fingerprint density at radius 3 is 2.31 bits per heavy atom. The first-order valence-electron chi connectivity index (χ1n) is 9.66. The Bertz CT molecular complexity index is 743. The Morgan fingerprint density at radius 2 is 1.69 bits per heavy atom. The topological polar surface area (TPSA) is 36.4 Å². The number of benzene rings is 1. The Labute approximate surface area is 155 Å². The lowest BCUT2D eigenvalue weighted by atomic mass is 9.89. The van der Waals surface area contributed by atoms with Crippen molar-refractivity contribution in [2.45, 2.75) is 44.2 Å². The standard InChI is InChI=1S/C22H27N3O/c1-24(17-20-11-5-6-12-23-20)21(26)22(25-13-7-2-8-14-25)15-18-9-3-4-10-19(18)16-22/h3-6,9-12H,2,7-8,13-17H2,1H3. The van der Waals surface area contributed by atoms with Gasteiger partial charge in [0.15, 0.2) is 0 Å². The molecule has 1 aromatic heterocycles. The summed E-state index contributed by atoms with van der Waals surface area (Å²) in [5.74, 6) is 0.237. The summed E-state index contributed by atoms with van der Waals surface area (Å²) in [5, 5.41) is 0. The van der Waals surface area contributed by atoms with Crippen molar-refractivity contribution >= 4 is 5.91 Å². The highest BCUT2D eigenvalue weighted by atomic mass is 16.2. The van der Waals surface area contributed by atoms with E-state index in [-0.39, 0.29) is 5.91 Å². The third kappa shape index (κ3) is 3.14. The van der Waals surface area contributed by atoms with E-state index >= 15 is 0 Å². The van der Waals surface area contributed by atoms with Gasteiger partial charge in [-0.3, -0.25) is 14.7 Å². The summed E-state index contributed by atoms with van der Waals surface area (Å²) in [5.41, 5.74) is 3.18. The molecule has 136 valence electrons. The number of rotatable bonds is 4. The number of likely N-dealkylation sites (tertiary alicyclic amines) is 1. The first kappa shape index (κ1) is 17.2. The fraction of sp³-hybridized carbons (Fsp3) is 0.455. The molecule has 1 saturated heterocycles. The van der Waals surface area contributed by atoms with Crippen LogP contribution in [0.4, 0.5) is 0 Å². The number of hydrogen-bond donors (Lipinski definition) is 0. The van der Waals surface area contributed by atoms with Gasteiger partial charge >= 0.3 is 0 Å². The van der Waals surface area contributed by atoms with Crippen LogP contribution in [0, 0.1) is 0 Å². The highest BCUT2D eigenvalue weighted by Gasteiger charge is 2.49. The van der Waals surface area contributed by atoms with E-state index < -0.39 is 5.54 Å². The van der Waals surface area contributed by atoms with Crippen molar-refractivity contribution in [3.8, 4) is 0 Å². The van der Waals surface area contributed by atoms with Crippen molar-refractivity contribution in [3.63, 3.8) is 0 Å². The van der Waals surface area contributed by atoms with Crippen LogP contribution in [0.2, 0.25) is 0 Å². The van der Waals surface area contributed by atoms with Gasteiger partial charge in [-0.2, -0.15) is 0 Å². The summed E-state index contributed by atoms with van der Waals surface area (Å²) in [4.78, 5) is 22.4. The number of carbonyl (C=O) groups is 1. The first-order valence-corrected chi connectivity index (χ1v) is 9.66. The highest BCUT2D eigenvalue weighted by molar-refractivity contribution is 5.88. The Hall–Kier alpha value is -2.20. The predicted octanol–water partition coefficient (Wildman–Crippen LogP) is 3.06. The zero-order chi connectivity index (χ0) is 18.0. The first-order chi connectivity index (χ1) is 12.7. The molecular weight excluding hydrogens is 322 g/mol. The number of piperidine rings is 1. The molecule has 1 amide bonds. The Balaban J connectivity index is 1.62. The molecule has 26 heavy (non-hydrogen) atoms.